The third kappa shape index (κ3) is 7.62. The molecule has 5 rings (SSSR count). The van der Waals surface area contributed by atoms with E-state index in [-0.39, 0.29) is 23.9 Å². The molecule has 6 N–H and O–H groups in total. The Kier molecular flexibility index (Phi) is 9.69. The van der Waals surface area contributed by atoms with Crippen molar-refractivity contribution in [2.75, 3.05) is 35.4 Å². The van der Waals surface area contributed by atoms with Gasteiger partial charge in [0.1, 0.15) is 46.1 Å². The van der Waals surface area contributed by atoms with E-state index in [2.05, 4.69) is 31.2 Å². The molecule has 0 radical (unpaired) electrons. The van der Waals surface area contributed by atoms with Crippen LogP contribution in [0, 0.1) is 10.8 Å². The number of thiazole rings is 2. The van der Waals surface area contributed by atoms with Gasteiger partial charge >= 0.3 is 0 Å². The highest BCUT2D eigenvalue weighted by atomic mass is 32.1. The Morgan fingerprint density at radius 2 is 1.11 bits per heavy atom. The number of nitrogens with zero attached hydrogens (tertiary/aromatic N) is 2. The van der Waals surface area contributed by atoms with Crippen LogP contribution in [0.4, 0.5) is 21.6 Å². The zero-order valence-corrected chi connectivity index (χ0v) is 27.5. The molecule has 3 aromatic heterocycles. The molecule has 0 saturated heterocycles. The lowest BCUT2D eigenvalue weighted by Crippen LogP contribution is -2.13. The van der Waals surface area contributed by atoms with Crippen molar-refractivity contribution in [1.82, 2.24) is 9.97 Å². The van der Waals surface area contributed by atoms with E-state index in [1.54, 1.807) is 14.1 Å². The maximum Gasteiger partial charge on any atom is 0.183 e. The van der Waals surface area contributed by atoms with E-state index in [1.807, 2.05) is 87.0 Å². The fraction of sp³-hybridized carbons (Fsp3) is 0.250. The van der Waals surface area contributed by atoms with Crippen LogP contribution in [0.15, 0.2) is 63.7 Å². The second-order valence-corrected chi connectivity index (χ2v) is 12.2. The molecule has 0 amide bonds. The number of hydrogen-bond donors (Lipinski definition) is 6. The smallest absolute Gasteiger partial charge is 0.183 e. The lowest BCUT2D eigenvalue weighted by atomic mass is 10.1. The lowest BCUT2D eigenvalue weighted by molar-refractivity contribution is 0.243. The zero-order valence-electron chi connectivity index (χ0n) is 25.9. The monoisotopic (exact) mass is 644 g/mol. The van der Waals surface area contributed by atoms with Crippen molar-refractivity contribution in [1.29, 1.82) is 10.8 Å². The molecule has 0 aliphatic rings. The van der Waals surface area contributed by atoms with Gasteiger partial charge in [-0.1, -0.05) is 0 Å². The van der Waals surface area contributed by atoms with Crippen LogP contribution in [0.5, 0.6) is 11.5 Å². The number of aromatic nitrogens is 2. The Balaban J connectivity index is 1.41. The molecule has 3 heterocycles. The highest BCUT2D eigenvalue weighted by Gasteiger charge is 2.18. The van der Waals surface area contributed by atoms with Crippen molar-refractivity contribution >= 4 is 56.0 Å². The van der Waals surface area contributed by atoms with Crippen LogP contribution in [0.2, 0.25) is 0 Å². The van der Waals surface area contributed by atoms with Gasteiger partial charge in [-0.15, -0.1) is 22.7 Å². The van der Waals surface area contributed by atoms with Crippen molar-refractivity contribution < 1.29 is 13.9 Å². The first kappa shape index (κ1) is 31.5. The number of nitrogens with one attached hydrogen (secondary N) is 6. The van der Waals surface area contributed by atoms with E-state index in [1.165, 1.54) is 22.7 Å². The van der Waals surface area contributed by atoms with Gasteiger partial charge in [-0.3, -0.25) is 10.8 Å². The van der Waals surface area contributed by atoms with Crippen molar-refractivity contribution in [3.63, 3.8) is 0 Å². The summed E-state index contributed by atoms with van der Waals surface area (Å²) in [6, 6.07) is 15.1. The summed E-state index contributed by atoms with van der Waals surface area (Å²) in [5.41, 5.74) is 4.07. The van der Waals surface area contributed by atoms with Gasteiger partial charge in [0.2, 0.25) is 0 Å². The lowest BCUT2D eigenvalue weighted by Gasteiger charge is -2.16. The zero-order chi connectivity index (χ0) is 32.1. The molecule has 2 aromatic carbocycles. The number of benzene rings is 2. The van der Waals surface area contributed by atoms with E-state index in [4.69, 9.17) is 24.7 Å². The van der Waals surface area contributed by atoms with Crippen LogP contribution < -0.4 is 30.7 Å². The summed E-state index contributed by atoms with van der Waals surface area (Å²) in [4.78, 5) is 8.80. The maximum atomic E-state index is 8.47. The van der Waals surface area contributed by atoms with Gasteiger partial charge < -0.3 is 35.2 Å². The summed E-state index contributed by atoms with van der Waals surface area (Å²) in [5, 5.41) is 34.3. The summed E-state index contributed by atoms with van der Waals surface area (Å²) >= 11 is 2.88. The second kappa shape index (κ2) is 13.8. The van der Waals surface area contributed by atoms with Gasteiger partial charge in [0, 0.05) is 48.4 Å². The SMILES string of the molecule is CNc1nc(C(=N)Nc2ccc(-c3ccc(-c4ccc(NC(=N)c5csc(NC)n5)cc4OC(C)C)o3)c(OC(C)C)c2)cs1. The average Bonchev–Trinajstić information content (AvgIpc) is 3.78. The van der Waals surface area contributed by atoms with Gasteiger partial charge in [0.25, 0.3) is 0 Å². The van der Waals surface area contributed by atoms with Crippen LogP contribution in [0.25, 0.3) is 22.6 Å². The minimum Gasteiger partial charge on any atom is -0.490 e. The fourth-order valence-electron chi connectivity index (χ4n) is 4.36. The number of hydrogen-bond acceptors (Lipinski definition) is 11. The quantitative estimate of drug-likeness (QED) is 0.0585. The van der Waals surface area contributed by atoms with Gasteiger partial charge in [-0.05, 0) is 64.1 Å². The van der Waals surface area contributed by atoms with Crippen LogP contribution >= 0.6 is 22.7 Å². The molecule has 0 atom stereocenters. The summed E-state index contributed by atoms with van der Waals surface area (Å²) in [6.07, 6.45) is -0.160. The molecule has 0 unspecified atom stereocenters. The Hall–Kier alpha value is -4.88. The highest BCUT2D eigenvalue weighted by molar-refractivity contribution is 7.14. The number of furan rings is 1. The normalized spacial score (nSPS) is 11.0. The van der Waals surface area contributed by atoms with Crippen LogP contribution in [0.1, 0.15) is 39.1 Å². The molecule has 0 spiro atoms. The molecular formula is C32H36N8O3S2. The molecule has 0 bridgehead atoms. The molecule has 0 aliphatic heterocycles. The standard InChI is InChI=1S/C32H36N8O3S2/c1-17(2)41-27-13-19(37-29(33)23-15-44-31(35-5)39-23)7-9-21(27)25-11-12-26(43-25)22-10-8-20(14-28(22)42-18(3)4)38-30(34)24-16-45-32(36-6)40-24/h7-18H,1-6H3,(H2,33,37)(H2,34,38)(H,35,39)(H,36,40). The Labute approximate surface area is 270 Å². The second-order valence-electron chi connectivity index (χ2n) is 10.5. The summed E-state index contributed by atoms with van der Waals surface area (Å²) in [6.45, 7) is 7.86. The molecular weight excluding hydrogens is 609 g/mol. The van der Waals surface area contributed by atoms with Crippen LogP contribution in [-0.4, -0.2) is 47.9 Å². The van der Waals surface area contributed by atoms with Crippen molar-refractivity contribution in [2.45, 2.75) is 39.9 Å². The van der Waals surface area contributed by atoms with Crippen LogP contribution in [0.3, 0.4) is 0 Å². The minimum atomic E-state index is -0.0801. The molecule has 5 aromatic rings. The molecule has 13 heteroatoms. The van der Waals surface area contributed by atoms with Crippen molar-refractivity contribution in [3.05, 3.63) is 70.7 Å². The van der Waals surface area contributed by atoms with E-state index < -0.39 is 0 Å². The third-order valence-electron chi connectivity index (χ3n) is 6.31. The first-order valence-corrected chi connectivity index (χ1v) is 16.1. The third-order valence-corrected chi connectivity index (χ3v) is 8.03. The van der Waals surface area contributed by atoms with Crippen molar-refractivity contribution in [2.24, 2.45) is 0 Å². The number of rotatable bonds is 12. The Morgan fingerprint density at radius 3 is 1.47 bits per heavy atom. The van der Waals surface area contributed by atoms with Gasteiger partial charge in [-0.2, -0.15) is 0 Å². The summed E-state index contributed by atoms with van der Waals surface area (Å²) < 4.78 is 18.8. The maximum absolute atomic E-state index is 8.47. The van der Waals surface area contributed by atoms with Gasteiger partial charge in [0.05, 0.1) is 23.3 Å². The fourth-order valence-corrected chi connectivity index (χ4v) is 5.69. The minimum absolute atomic E-state index is 0.0801. The first-order chi connectivity index (χ1) is 21.6. The molecule has 11 nitrogen and oxygen atoms in total. The van der Waals surface area contributed by atoms with E-state index in [0.29, 0.717) is 45.8 Å². The van der Waals surface area contributed by atoms with E-state index >= 15 is 0 Å². The number of amidine groups is 2. The number of ether oxygens (including phenoxy) is 2. The van der Waals surface area contributed by atoms with E-state index in [9.17, 15) is 0 Å². The molecule has 0 fully saturated rings. The van der Waals surface area contributed by atoms with E-state index in [0.717, 1.165) is 21.4 Å². The van der Waals surface area contributed by atoms with Gasteiger partial charge in [-0.25, -0.2) is 9.97 Å². The molecule has 45 heavy (non-hydrogen) atoms. The molecule has 0 saturated carbocycles. The van der Waals surface area contributed by atoms with Gasteiger partial charge in [0.15, 0.2) is 10.3 Å². The highest BCUT2D eigenvalue weighted by Crippen LogP contribution is 2.40. The Morgan fingerprint density at radius 1 is 0.689 bits per heavy atom. The molecule has 0 aliphatic carbocycles. The summed E-state index contributed by atoms with van der Waals surface area (Å²) in [5.74, 6) is 2.89. The van der Waals surface area contributed by atoms with Crippen LogP contribution in [-0.2, 0) is 0 Å². The summed E-state index contributed by atoms with van der Waals surface area (Å²) in [7, 11) is 3.60. The average molecular weight is 645 g/mol. The number of anilines is 4. The first-order valence-electron chi connectivity index (χ1n) is 14.3. The Bertz CT molecular complexity index is 1680. The molecule has 234 valence electrons. The predicted molar refractivity (Wildman–Crippen MR) is 185 cm³/mol. The predicted octanol–water partition coefficient (Wildman–Crippen LogP) is 8.06. The topological polar surface area (TPSA) is 153 Å². The largest absolute Gasteiger partial charge is 0.490 e. The van der Waals surface area contributed by atoms with Crippen molar-refractivity contribution in [3.8, 4) is 34.1 Å².